The van der Waals surface area contributed by atoms with Crippen LogP contribution in [-0.4, -0.2) is 41.2 Å². The van der Waals surface area contributed by atoms with E-state index >= 15 is 0 Å². The van der Waals surface area contributed by atoms with E-state index in [2.05, 4.69) is 0 Å². The van der Waals surface area contributed by atoms with Gasteiger partial charge in [0.2, 0.25) is 0 Å². The Labute approximate surface area is 107 Å². The molecular weight excluding hydrogens is 230 g/mol. The van der Waals surface area contributed by atoms with Crippen molar-refractivity contribution < 1.29 is 14.6 Å². The Morgan fingerprint density at radius 2 is 2.17 bits per heavy atom. The topological polar surface area (TPSA) is 49.8 Å². The minimum atomic E-state index is -0.326. The third-order valence-electron chi connectivity index (χ3n) is 3.10. The lowest BCUT2D eigenvalue weighted by molar-refractivity contribution is -0.0764. The molecule has 0 aromatic heterocycles. The SMILES string of the molecule is Cc1ccc(O)c(C(=O)N2CCOC(C)(C)C2)c1. The zero-order valence-electron chi connectivity index (χ0n) is 11.1. The van der Waals surface area contributed by atoms with Crippen LogP contribution in [-0.2, 0) is 4.74 Å². The Balaban J connectivity index is 2.23. The molecule has 18 heavy (non-hydrogen) atoms. The number of nitrogens with zero attached hydrogens (tertiary/aromatic N) is 1. The van der Waals surface area contributed by atoms with Crippen LogP contribution in [0.2, 0.25) is 0 Å². The van der Waals surface area contributed by atoms with Crippen molar-refractivity contribution in [3.63, 3.8) is 0 Å². The summed E-state index contributed by atoms with van der Waals surface area (Å²) in [5.41, 5.74) is 1.00. The minimum absolute atomic E-state index is 0.0369. The predicted molar refractivity (Wildman–Crippen MR) is 68.8 cm³/mol. The van der Waals surface area contributed by atoms with Gasteiger partial charge in [-0.15, -0.1) is 0 Å². The van der Waals surface area contributed by atoms with Crippen molar-refractivity contribution in [3.05, 3.63) is 29.3 Å². The van der Waals surface area contributed by atoms with E-state index in [0.717, 1.165) is 5.56 Å². The molecule has 1 saturated heterocycles. The molecule has 0 spiro atoms. The first-order valence-corrected chi connectivity index (χ1v) is 6.12. The number of carbonyl (C=O) groups excluding carboxylic acids is 1. The number of aryl methyl sites for hydroxylation is 1. The lowest BCUT2D eigenvalue weighted by atomic mass is 10.0. The molecular formula is C14H19NO3. The second-order valence-corrected chi connectivity index (χ2v) is 5.36. The smallest absolute Gasteiger partial charge is 0.257 e. The predicted octanol–water partition coefficient (Wildman–Crippen LogP) is 1.95. The number of hydrogen-bond acceptors (Lipinski definition) is 3. The highest BCUT2D eigenvalue weighted by Crippen LogP contribution is 2.23. The first kappa shape index (κ1) is 12.9. The highest BCUT2D eigenvalue weighted by molar-refractivity contribution is 5.97. The third-order valence-corrected chi connectivity index (χ3v) is 3.10. The summed E-state index contributed by atoms with van der Waals surface area (Å²) in [6, 6.07) is 5.07. The van der Waals surface area contributed by atoms with Crippen molar-refractivity contribution in [2.75, 3.05) is 19.7 Å². The molecule has 0 aliphatic carbocycles. The number of rotatable bonds is 1. The van der Waals surface area contributed by atoms with Crippen LogP contribution < -0.4 is 0 Å². The Morgan fingerprint density at radius 1 is 1.44 bits per heavy atom. The van der Waals surface area contributed by atoms with Crippen molar-refractivity contribution in [1.82, 2.24) is 4.90 Å². The molecule has 1 fully saturated rings. The second kappa shape index (κ2) is 4.61. The van der Waals surface area contributed by atoms with E-state index in [-0.39, 0.29) is 17.3 Å². The summed E-state index contributed by atoms with van der Waals surface area (Å²) in [7, 11) is 0. The normalized spacial score (nSPS) is 18.7. The number of amides is 1. The van der Waals surface area contributed by atoms with Gasteiger partial charge in [0.15, 0.2) is 0 Å². The Hall–Kier alpha value is -1.55. The molecule has 0 atom stereocenters. The molecule has 1 aromatic carbocycles. The number of benzene rings is 1. The van der Waals surface area contributed by atoms with Crippen LogP contribution in [0, 0.1) is 6.92 Å². The molecule has 1 aromatic rings. The summed E-state index contributed by atoms with van der Waals surface area (Å²) >= 11 is 0. The van der Waals surface area contributed by atoms with Gasteiger partial charge in [0.25, 0.3) is 5.91 Å². The molecule has 1 aliphatic rings. The monoisotopic (exact) mass is 249 g/mol. The number of morpholine rings is 1. The maximum absolute atomic E-state index is 12.4. The molecule has 1 aliphatic heterocycles. The Bertz CT molecular complexity index is 468. The first-order valence-electron chi connectivity index (χ1n) is 6.12. The van der Waals surface area contributed by atoms with Crippen LogP contribution in [0.1, 0.15) is 29.8 Å². The summed E-state index contributed by atoms with van der Waals surface area (Å²) in [5, 5.41) is 9.79. The van der Waals surface area contributed by atoms with E-state index in [9.17, 15) is 9.90 Å². The van der Waals surface area contributed by atoms with Crippen LogP contribution in [0.3, 0.4) is 0 Å². The Kier molecular flexibility index (Phi) is 3.30. The molecule has 4 nitrogen and oxygen atoms in total. The van der Waals surface area contributed by atoms with Gasteiger partial charge in [-0.3, -0.25) is 4.79 Å². The van der Waals surface area contributed by atoms with Crippen LogP contribution in [0.25, 0.3) is 0 Å². The molecule has 1 heterocycles. The van der Waals surface area contributed by atoms with Gasteiger partial charge in [0, 0.05) is 13.1 Å². The zero-order valence-corrected chi connectivity index (χ0v) is 11.1. The molecule has 2 rings (SSSR count). The number of aromatic hydroxyl groups is 1. The number of carbonyl (C=O) groups is 1. The first-order chi connectivity index (χ1) is 8.39. The van der Waals surface area contributed by atoms with E-state index in [1.54, 1.807) is 23.1 Å². The van der Waals surface area contributed by atoms with Crippen molar-refractivity contribution in [2.24, 2.45) is 0 Å². The molecule has 0 saturated carbocycles. The molecule has 4 heteroatoms. The van der Waals surface area contributed by atoms with Gasteiger partial charge < -0.3 is 14.7 Å². The minimum Gasteiger partial charge on any atom is -0.507 e. The van der Waals surface area contributed by atoms with Crippen LogP contribution >= 0.6 is 0 Å². The fraction of sp³-hybridized carbons (Fsp3) is 0.500. The van der Waals surface area contributed by atoms with Crippen LogP contribution in [0.15, 0.2) is 18.2 Å². The van der Waals surface area contributed by atoms with Gasteiger partial charge in [-0.05, 0) is 32.9 Å². The van der Waals surface area contributed by atoms with Gasteiger partial charge in [-0.25, -0.2) is 0 Å². The molecule has 0 bridgehead atoms. The number of phenols is 1. The van der Waals surface area contributed by atoms with Gasteiger partial charge >= 0.3 is 0 Å². The summed E-state index contributed by atoms with van der Waals surface area (Å²) in [6.45, 7) is 7.46. The summed E-state index contributed by atoms with van der Waals surface area (Å²) in [5.74, 6) is -0.0949. The third kappa shape index (κ3) is 2.64. The molecule has 0 radical (unpaired) electrons. The number of phenolic OH excluding ortho intramolecular Hbond substituents is 1. The molecule has 1 amide bonds. The lowest BCUT2D eigenvalue weighted by Crippen LogP contribution is -2.50. The number of ether oxygens (including phenoxy) is 1. The quantitative estimate of drug-likeness (QED) is 0.827. The molecule has 1 N–H and O–H groups in total. The van der Waals surface area contributed by atoms with Gasteiger partial charge in [-0.1, -0.05) is 11.6 Å². The standard InChI is InChI=1S/C14H19NO3/c1-10-4-5-12(16)11(8-10)13(17)15-6-7-18-14(2,3)9-15/h4-5,8,16H,6-7,9H2,1-3H3. The maximum Gasteiger partial charge on any atom is 0.257 e. The van der Waals surface area contributed by atoms with Gasteiger partial charge in [0.05, 0.1) is 17.8 Å². The van der Waals surface area contributed by atoms with Crippen molar-refractivity contribution in [1.29, 1.82) is 0 Å². The van der Waals surface area contributed by atoms with E-state index in [4.69, 9.17) is 4.74 Å². The van der Waals surface area contributed by atoms with Crippen molar-refractivity contribution in [3.8, 4) is 5.75 Å². The summed E-state index contributed by atoms with van der Waals surface area (Å²) in [6.07, 6.45) is 0. The Morgan fingerprint density at radius 3 is 2.83 bits per heavy atom. The summed E-state index contributed by atoms with van der Waals surface area (Å²) in [4.78, 5) is 14.1. The maximum atomic E-state index is 12.4. The van der Waals surface area contributed by atoms with E-state index in [1.807, 2.05) is 20.8 Å². The number of hydrogen-bond donors (Lipinski definition) is 1. The second-order valence-electron chi connectivity index (χ2n) is 5.36. The van der Waals surface area contributed by atoms with Crippen molar-refractivity contribution >= 4 is 5.91 Å². The van der Waals surface area contributed by atoms with E-state index in [1.165, 1.54) is 0 Å². The molecule has 98 valence electrons. The van der Waals surface area contributed by atoms with Crippen molar-refractivity contribution in [2.45, 2.75) is 26.4 Å². The van der Waals surface area contributed by atoms with E-state index < -0.39 is 0 Å². The lowest BCUT2D eigenvalue weighted by Gasteiger charge is -2.38. The highest BCUT2D eigenvalue weighted by Gasteiger charge is 2.31. The summed E-state index contributed by atoms with van der Waals surface area (Å²) < 4.78 is 5.58. The zero-order chi connectivity index (χ0) is 13.3. The average Bonchev–Trinajstić information content (AvgIpc) is 2.30. The molecule has 0 unspecified atom stereocenters. The van der Waals surface area contributed by atoms with Gasteiger partial charge in [0.1, 0.15) is 5.75 Å². The van der Waals surface area contributed by atoms with Gasteiger partial charge in [-0.2, -0.15) is 0 Å². The fourth-order valence-corrected chi connectivity index (χ4v) is 2.18. The van der Waals surface area contributed by atoms with Crippen LogP contribution in [0.4, 0.5) is 0 Å². The fourth-order valence-electron chi connectivity index (χ4n) is 2.18. The van der Waals surface area contributed by atoms with Crippen LogP contribution in [0.5, 0.6) is 5.75 Å². The average molecular weight is 249 g/mol. The highest BCUT2D eigenvalue weighted by atomic mass is 16.5. The van der Waals surface area contributed by atoms with E-state index in [0.29, 0.717) is 25.3 Å². The largest absolute Gasteiger partial charge is 0.507 e.